The van der Waals surface area contributed by atoms with Crippen molar-refractivity contribution < 1.29 is 14.0 Å². The molecule has 2 rings (SSSR count). The highest BCUT2D eigenvalue weighted by atomic mass is 35.5. The van der Waals surface area contributed by atoms with E-state index in [4.69, 9.17) is 23.2 Å². The van der Waals surface area contributed by atoms with Gasteiger partial charge >= 0.3 is 11.8 Å². The van der Waals surface area contributed by atoms with Crippen LogP contribution in [0.2, 0.25) is 10.0 Å². The molecule has 0 aliphatic rings. The van der Waals surface area contributed by atoms with Crippen LogP contribution >= 0.6 is 23.2 Å². The molecular weight excluding hydrogens is 342 g/mol. The first-order valence-corrected chi connectivity index (χ1v) is 7.51. The lowest BCUT2D eigenvalue weighted by Crippen LogP contribution is -2.36. The molecule has 4 nitrogen and oxygen atoms in total. The normalized spacial score (nSPS) is 10.2. The molecule has 2 aromatic carbocycles. The Kier molecular flexibility index (Phi) is 5.96. The van der Waals surface area contributed by atoms with Crippen LogP contribution in [-0.4, -0.2) is 18.4 Å². The van der Waals surface area contributed by atoms with Crippen LogP contribution in [0.25, 0.3) is 0 Å². The van der Waals surface area contributed by atoms with E-state index in [1.54, 1.807) is 36.4 Å². The molecule has 0 atom stereocenters. The van der Waals surface area contributed by atoms with Gasteiger partial charge in [0, 0.05) is 6.54 Å². The van der Waals surface area contributed by atoms with Crippen molar-refractivity contribution in [2.24, 2.45) is 0 Å². The molecule has 0 aliphatic heterocycles. The Hall–Kier alpha value is -2.11. The highest BCUT2D eigenvalue weighted by Gasteiger charge is 2.16. The number of nitrogens with one attached hydrogen (secondary N) is 2. The smallest absolute Gasteiger partial charge is 0.313 e. The summed E-state index contributed by atoms with van der Waals surface area (Å²) in [6.07, 6.45) is 0.276. The molecule has 0 aliphatic carbocycles. The molecule has 7 heteroatoms. The third-order valence-electron chi connectivity index (χ3n) is 3.05. The molecule has 0 spiro atoms. The molecule has 0 unspecified atom stereocenters. The zero-order chi connectivity index (χ0) is 16.8. The number of hydrogen-bond acceptors (Lipinski definition) is 2. The average Bonchev–Trinajstić information content (AvgIpc) is 2.52. The summed E-state index contributed by atoms with van der Waals surface area (Å²) in [6.45, 7) is 0.128. The maximum absolute atomic E-state index is 13.4. The number of halogens is 3. The van der Waals surface area contributed by atoms with E-state index >= 15 is 0 Å². The number of anilines is 1. The van der Waals surface area contributed by atoms with Crippen molar-refractivity contribution in [2.75, 3.05) is 11.9 Å². The van der Waals surface area contributed by atoms with Gasteiger partial charge in [-0.25, -0.2) is 4.39 Å². The fourth-order valence-corrected chi connectivity index (χ4v) is 2.37. The van der Waals surface area contributed by atoms with Gasteiger partial charge in [0.1, 0.15) is 5.82 Å². The molecule has 23 heavy (non-hydrogen) atoms. The van der Waals surface area contributed by atoms with E-state index in [0.717, 1.165) is 0 Å². The van der Waals surface area contributed by atoms with Gasteiger partial charge in [-0.15, -0.1) is 0 Å². The van der Waals surface area contributed by atoms with E-state index in [0.29, 0.717) is 5.56 Å². The Morgan fingerprint density at radius 2 is 1.61 bits per heavy atom. The quantitative estimate of drug-likeness (QED) is 0.826. The first-order chi connectivity index (χ1) is 11.0. The first-order valence-electron chi connectivity index (χ1n) is 6.75. The monoisotopic (exact) mass is 354 g/mol. The SMILES string of the molecule is O=C(NCCc1ccccc1F)C(=O)Nc1c(Cl)cccc1Cl. The second-order valence-electron chi connectivity index (χ2n) is 4.65. The maximum atomic E-state index is 13.4. The van der Waals surface area contributed by atoms with Crippen LogP contribution in [-0.2, 0) is 16.0 Å². The molecular formula is C16H13Cl2FN2O2. The summed E-state index contributed by atoms with van der Waals surface area (Å²) in [5, 5.41) is 5.22. The van der Waals surface area contributed by atoms with Crippen LogP contribution in [0.5, 0.6) is 0 Å². The topological polar surface area (TPSA) is 58.2 Å². The molecule has 120 valence electrons. The standard InChI is InChI=1S/C16H13Cl2FN2O2/c17-11-5-3-6-12(18)14(11)21-16(23)15(22)20-9-8-10-4-1-2-7-13(10)19/h1-7H,8-9H2,(H,20,22)(H,21,23). The summed E-state index contributed by atoms with van der Waals surface area (Å²) >= 11 is 11.8. The van der Waals surface area contributed by atoms with Crippen LogP contribution in [0.1, 0.15) is 5.56 Å². The van der Waals surface area contributed by atoms with Crippen LogP contribution < -0.4 is 10.6 Å². The first kappa shape index (κ1) is 17.2. The van der Waals surface area contributed by atoms with Crippen molar-refractivity contribution in [3.8, 4) is 0 Å². The predicted octanol–water partition coefficient (Wildman–Crippen LogP) is 3.43. The van der Waals surface area contributed by atoms with Crippen molar-refractivity contribution in [3.63, 3.8) is 0 Å². The van der Waals surface area contributed by atoms with Gasteiger partial charge in [-0.2, -0.15) is 0 Å². The molecule has 0 heterocycles. The lowest BCUT2D eigenvalue weighted by atomic mass is 10.1. The summed E-state index contributed by atoms with van der Waals surface area (Å²) in [7, 11) is 0. The second kappa shape index (κ2) is 7.94. The molecule has 2 aromatic rings. The van der Waals surface area contributed by atoms with Crippen LogP contribution in [0.4, 0.5) is 10.1 Å². The number of amides is 2. The zero-order valence-corrected chi connectivity index (χ0v) is 13.4. The Bertz CT molecular complexity index is 718. The Morgan fingerprint density at radius 1 is 0.957 bits per heavy atom. The molecule has 0 aromatic heterocycles. The summed E-state index contributed by atoms with van der Waals surface area (Å²) < 4.78 is 13.4. The number of para-hydroxylation sites is 1. The van der Waals surface area contributed by atoms with Crippen LogP contribution in [0, 0.1) is 5.82 Å². The Balaban J connectivity index is 1.88. The Morgan fingerprint density at radius 3 is 2.26 bits per heavy atom. The largest absolute Gasteiger partial charge is 0.347 e. The minimum atomic E-state index is -0.895. The van der Waals surface area contributed by atoms with Crippen molar-refractivity contribution in [3.05, 3.63) is 63.9 Å². The van der Waals surface area contributed by atoms with Gasteiger partial charge in [0.2, 0.25) is 0 Å². The fraction of sp³-hybridized carbons (Fsp3) is 0.125. The maximum Gasteiger partial charge on any atom is 0.313 e. The second-order valence-corrected chi connectivity index (χ2v) is 5.46. The minimum absolute atomic E-state index is 0.128. The van der Waals surface area contributed by atoms with E-state index < -0.39 is 11.8 Å². The molecule has 2 N–H and O–H groups in total. The molecule has 0 saturated carbocycles. The number of benzene rings is 2. The predicted molar refractivity (Wildman–Crippen MR) is 88.2 cm³/mol. The third kappa shape index (κ3) is 4.68. The van der Waals surface area contributed by atoms with Crippen molar-refractivity contribution >= 4 is 40.7 Å². The molecule has 2 amide bonds. The van der Waals surface area contributed by atoms with Gasteiger partial charge in [-0.3, -0.25) is 9.59 Å². The lowest BCUT2D eigenvalue weighted by molar-refractivity contribution is -0.136. The average molecular weight is 355 g/mol. The highest BCUT2D eigenvalue weighted by Crippen LogP contribution is 2.29. The summed E-state index contributed by atoms with van der Waals surface area (Å²) in [4.78, 5) is 23.6. The molecule has 0 fully saturated rings. The number of rotatable bonds is 4. The summed E-state index contributed by atoms with van der Waals surface area (Å²) in [5.41, 5.74) is 0.632. The van der Waals surface area contributed by atoms with Crippen molar-refractivity contribution in [1.82, 2.24) is 5.32 Å². The number of carbonyl (C=O) groups is 2. The van der Waals surface area contributed by atoms with Crippen molar-refractivity contribution in [2.45, 2.75) is 6.42 Å². The van der Waals surface area contributed by atoms with Gasteiger partial charge in [-0.05, 0) is 30.2 Å². The van der Waals surface area contributed by atoms with Gasteiger partial charge in [0.15, 0.2) is 0 Å². The van der Waals surface area contributed by atoms with Crippen molar-refractivity contribution in [1.29, 1.82) is 0 Å². The van der Waals surface area contributed by atoms with E-state index in [2.05, 4.69) is 10.6 Å². The molecule has 0 radical (unpaired) electrons. The summed E-state index contributed by atoms with van der Waals surface area (Å²) in [5.74, 6) is -2.10. The zero-order valence-electron chi connectivity index (χ0n) is 11.9. The van der Waals surface area contributed by atoms with E-state index in [-0.39, 0.29) is 34.5 Å². The number of carbonyl (C=O) groups excluding carboxylic acids is 2. The van der Waals surface area contributed by atoms with E-state index in [9.17, 15) is 14.0 Å². The van der Waals surface area contributed by atoms with Crippen LogP contribution in [0.3, 0.4) is 0 Å². The van der Waals surface area contributed by atoms with Gasteiger partial charge in [0.25, 0.3) is 0 Å². The lowest BCUT2D eigenvalue weighted by Gasteiger charge is -2.09. The highest BCUT2D eigenvalue weighted by molar-refractivity contribution is 6.44. The van der Waals surface area contributed by atoms with E-state index in [1.807, 2.05) is 0 Å². The van der Waals surface area contributed by atoms with Gasteiger partial charge < -0.3 is 10.6 Å². The van der Waals surface area contributed by atoms with E-state index in [1.165, 1.54) is 6.07 Å². The fourth-order valence-electron chi connectivity index (χ4n) is 1.88. The van der Waals surface area contributed by atoms with Gasteiger partial charge in [0.05, 0.1) is 15.7 Å². The van der Waals surface area contributed by atoms with Crippen LogP contribution in [0.15, 0.2) is 42.5 Å². The Labute approximate surface area is 142 Å². The van der Waals surface area contributed by atoms with Gasteiger partial charge in [-0.1, -0.05) is 47.5 Å². The summed E-state index contributed by atoms with van der Waals surface area (Å²) in [6, 6.07) is 10.9. The third-order valence-corrected chi connectivity index (χ3v) is 3.68. The minimum Gasteiger partial charge on any atom is -0.347 e. The molecule has 0 saturated heterocycles. The molecule has 0 bridgehead atoms. The number of hydrogen-bond donors (Lipinski definition) is 2.